The van der Waals surface area contributed by atoms with Crippen LogP contribution in [0.4, 0.5) is 0 Å². The topological polar surface area (TPSA) is 24.4 Å². The van der Waals surface area contributed by atoms with Crippen LogP contribution in [0.3, 0.4) is 0 Å². The van der Waals surface area contributed by atoms with Gasteiger partial charge in [-0.1, -0.05) is 76.5 Å². The highest BCUT2D eigenvalue weighted by atomic mass is 79.9. The molecule has 0 aromatic rings. The van der Waals surface area contributed by atoms with Crippen LogP contribution >= 0.6 is 28.7 Å². The summed E-state index contributed by atoms with van der Waals surface area (Å²) in [7, 11) is 0. The molecule has 1 N–H and O–H groups in total. The van der Waals surface area contributed by atoms with Crippen LogP contribution in [0.1, 0.15) is 77.6 Å². The van der Waals surface area contributed by atoms with E-state index in [0.29, 0.717) is 0 Å². The molecule has 2 nitrogen and oxygen atoms in total. The van der Waals surface area contributed by atoms with Gasteiger partial charge in [-0.3, -0.25) is 4.99 Å². The minimum absolute atomic E-state index is 0. The average Bonchev–Trinajstić information content (AvgIpc) is 2.46. The summed E-state index contributed by atoms with van der Waals surface area (Å²) in [5.74, 6) is 1.24. The lowest BCUT2D eigenvalue weighted by atomic mass is 10.1. The summed E-state index contributed by atoms with van der Waals surface area (Å²) >= 11 is 1.91. The molecule has 0 unspecified atom stereocenters. The number of nitrogens with zero attached hydrogens (tertiary/aromatic N) is 1. The van der Waals surface area contributed by atoms with Crippen molar-refractivity contribution in [2.75, 3.05) is 18.8 Å². The Morgan fingerprint density at radius 3 is 2.10 bits per heavy atom. The summed E-state index contributed by atoms with van der Waals surface area (Å²) in [6.45, 7) is 4.42. The largest absolute Gasteiger partial charge is 0.365 e. The Balaban J connectivity index is 0.00000361. The van der Waals surface area contributed by atoms with E-state index in [0.717, 1.165) is 13.1 Å². The van der Waals surface area contributed by atoms with Gasteiger partial charge in [0.25, 0.3) is 0 Å². The van der Waals surface area contributed by atoms with Crippen LogP contribution in [0.25, 0.3) is 0 Å². The van der Waals surface area contributed by atoms with Gasteiger partial charge in [-0.15, -0.1) is 17.0 Å². The number of thioether (sulfide) groups is 1. The molecule has 0 fully saturated rings. The van der Waals surface area contributed by atoms with Crippen LogP contribution in [0.2, 0.25) is 0 Å². The van der Waals surface area contributed by atoms with Crippen molar-refractivity contribution in [2.45, 2.75) is 77.6 Å². The molecular weight excluding hydrogens is 332 g/mol. The van der Waals surface area contributed by atoms with Crippen molar-refractivity contribution >= 4 is 33.9 Å². The Bertz CT molecular complexity index is 235. The number of amidine groups is 1. The fraction of sp³-hybridized carbons (Fsp3) is 0.938. The first-order valence-electron chi connectivity index (χ1n) is 8.34. The van der Waals surface area contributed by atoms with Gasteiger partial charge in [0.05, 0.1) is 0 Å². The fourth-order valence-electron chi connectivity index (χ4n) is 2.37. The molecule has 120 valence electrons. The first-order chi connectivity index (χ1) is 9.43. The number of unbranched alkanes of at least 4 members (excludes halogenated alkanes) is 9. The minimum Gasteiger partial charge on any atom is -0.365 e. The highest BCUT2D eigenvalue weighted by Crippen LogP contribution is 2.13. The zero-order chi connectivity index (χ0) is 13.6. The molecule has 0 aromatic carbocycles. The van der Waals surface area contributed by atoms with Gasteiger partial charge in [0.15, 0.2) is 5.17 Å². The molecule has 0 aliphatic carbocycles. The Kier molecular flexibility index (Phi) is 15.9. The second-order valence-corrected chi connectivity index (χ2v) is 6.58. The molecule has 20 heavy (non-hydrogen) atoms. The molecule has 0 radical (unpaired) electrons. The van der Waals surface area contributed by atoms with E-state index in [4.69, 9.17) is 0 Å². The second-order valence-electron chi connectivity index (χ2n) is 5.50. The van der Waals surface area contributed by atoms with E-state index in [9.17, 15) is 0 Å². The second kappa shape index (κ2) is 15.7. The fourth-order valence-corrected chi connectivity index (χ4v) is 3.29. The summed E-state index contributed by atoms with van der Waals surface area (Å²) < 4.78 is 0. The van der Waals surface area contributed by atoms with Crippen molar-refractivity contribution in [2.24, 2.45) is 4.99 Å². The smallest absolute Gasteiger partial charge is 0.156 e. The first-order valence-corrected chi connectivity index (χ1v) is 9.33. The van der Waals surface area contributed by atoms with Crippen molar-refractivity contribution in [3.63, 3.8) is 0 Å². The summed E-state index contributed by atoms with van der Waals surface area (Å²) in [6, 6.07) is 0. The monoisotopic (exact) mass is 364 g/mol. The van der Waals surface area contributed by atoms with Gasteiger partial charge in [-0.25, -0.2) is 0 Å². The molecule has 1 rings (SSSR count). The Morgan fingerprint density at radius 2 is 1.55 bits per heavy atom. The molecule has 0 spiro atoms. The summed E-state index contributed by atoms with van der Waals surface area (Å²) in [5, 5.41) is 4.55. The third-order valence-electron chi connectivity index (χ3n) is 3.60. The van der Waals surface area contributed by atoms with Gasteiger partial charge < -0.3 is 5.32 Å². The maximum Gasteiger partial charge on any atom is 0.156 e. The molecule has 0 atom stereocenters. The summed E-state index contributed by atoms with van der Waals surface area (Å²) in [4.78, 5) is 4.48. The van der Waals surface area contributed by atoms with Crippen molar-refractivity contribution in [3.8, 4) is 0 Å². The van der Waals surface area contributed by atoms with Crippen molar-refractivity contribution in [1.82, 2.24) is 5.32 Å². The summed E-state index contributed by atoms with van der Waals surface area (Å²) in [6.07, 6.45) is 15.4. The number of aliphatic imine (C=N–C) groups is 1. The molecule has 0 saturated carbocycles. The molecular formula is C16H33BrN2S. The van der Waals surface area contributed by atoms with E-state index in [1.165, 1.54) is 81.5 Å². The molecule has 0 bridgehead atoms. The van der Waals surface area contributed by atoms with Gasteiger partial charge >= 0.3 is 0 Å². The number of hydrogen-bond donors (Lipinski definition) is 1. The highest BCUT2D eigenvalue weighted by Gasteiger charge is 2.03. The minimum atomic E-state index is 0. The Labute approximate surface area is 140 Å². The molecule has 1 aliphatic rings. The normalized spacial score (nSPS) is 14.3. The van der Waals surface area contributed by atoms with Crippen LogP contribution < -0.4 is 5.32 Å². The van der Waals surface area contributed by atoms with E-state index in [-0.39, 0.29) is 17.0 Å². The van der Waals surface area contributed by atoms with Gasteiger partial charge in [-0.05, 0) is 12.8 Å². The molecule has 1 heterocycles. The molecule has 4 heteroatoms. The van der Waals surface area contributed by atoms with Crippen LogP contribution in [0, 0.1) is 0 Å². The van der Waals surface area contributed by atoms with E-state index in [1.54, 1.807) is 0 Å². The van der Waals surface area contributed by atoms with Gasteiger partial charge in [0, 0.05) is 18.8 Å². The van der Waals surface area contributed by atoms with Crippen LogP contribution in [-0.2, 0) is 0 Å². The number of nitrogens with one attached hydrogen (secondary N) is 1. The van der Waals surface area contributed by atoms with Crippen molar-refractivity contribution in [3.05, 3.63) is 0 Å². The number of halogens is 1. The van der Waals surface area contributed by atoms with E-state index in [1.807, 2.05) is 11.8 Å². The SMILES string of the molecule is Br.CCCCCCCCCCCCSC1=NCCCN1. The van der Waals surface area contributed by atoms with E-state index >= 15 is 0 Å². The van der Waals surface area contributed by atoms with Gasteiger partial charge in [-0.2, -0.15) is 0 Å². The predicted octanol–water partition coefficient (Wildman–Crippen LogP) is 5.57. The van der Waals surface area contributed by atoms with E-state index in [2.05, 4.69) is 17.2 Å². The average molecular weight is 365 g/mol. The zero-order valence-electron chi connectivity index (χ0n) is 13.2. The quantitative estimate of drug-likeness (QED) is 0.484. The molecule has 0 aromatic heterocycles. The molecule has 0 amide bonds. The number of rotatable bonds is 11. The lowest BCUT2D eigenvalue weighted by molar-refractivity contribution is 0.563. The Hall–Kier alpha value is 0.300. The first kappa shape index (κ1) is 20.3. The van der Waals surface area contributed by atoms with Crippen LogP contribution in [-0.4, -0.2) is 24.0 Å². The number of hydrogen-bond acceptors (Lipinski definition) is 3. The highest BCUT2D eigenvalue weighted by molar-refractivity contribution is 8.93. The summed E-state index contributed by atoms with van der Waals surface area (Å²) in [5.41, 5.74) is 0. The molecule has 0 saturated heterocycles. The third-order valence-corrected chi connectivity index (χ3v) is 4.64. The van der Waals surface area contributed by atoms with Crippen molar-refractivity contribution < 1.29 is 0 Å². The standard InChI is InChI=1S/C16H32N2S.BrH/c1-2-3-4-5-6-7-8-9-10-11-15-19-16-17-13-12-14-18-16;/h2-15H2,1H3,(H,17,18);1H. The lowest BCUT2D eigenvalue weighted by Gasteiger charge is -2.13. The van der Waals surface area contributed by atoms with Crippen molar-refractivity contribution in [1.29, 1.82) is 0 Å². The third kappa shape index (κ3) is 12.1. The lowest BCUT2D eigenvalue weighted by Crippen LogP contribution is -2.26. The van der Waals surface area contributed by atoms with Crippen LogP contribution in [0.5, 0.6) is 0 Å². The van der Waals surface area contributed by atoms with E-state index < -0.39 is 0 Å². The van der Waals surface area contributed by atoms with Gasteiger partial charge in [0.2, 0.25) is 0 Å². The van der Waals surface area contributed by atoms with Gasteiger partial charge in [0.1, 0.15) is 0 Å². The zero-order valence-corrected chi connectivity index (χ0v) is 15.7. The predicted molar refractivity (Wildman–Crippen MR) is 99.5 cm³/mol. The van der Waals surface area contributed by atoms with Crippen LogP contribution in [0.15, 0.2) is 4.99 Å². The maximum absolute atomic E-state index is 4.48. The Morgan fingerprint density at radius 1 is 0.950 bits per heavy atom. The molecule has 1 aliphatic heterocycles. The maximum atomic E-state index is 4.48.